The number of benzene rings is 2. The molecule has 1 aromatic heterocycles. The van der Waals surface area contributed by atoms with Gasteiger partial charge in [0.05, 0.1) is 4.47 Å². The van der Waals surface area contributed by atoms with E-state index in [-0.39, 0.29) is 5.82 Å². The lowest BCUT2D eigenvalue weighted by molar-refractivity contribution is 0.621. The first kappa shape index (κ1) is 13.1. The number of halogens is 2. The fraction of sp³-hybridized carbons (Fsp3) is 0.0625. The lowest BCUT2D eigenvalue weighted by Gasteiger charge is -2.08. The van der Waals surface area contributed by atoms with Crippen LogP contribution in [0.3, 0.4) is 0 Å². The molecule has 0 spiro atoms. The van der Waals surface area contributed by atoms with Gasteiger partial charge in [-0.2, -0.15) is 0 Å². The van der Waals surface area contributed by atoms with Gasteiger partial charge in [0.25, 0.3) is 0 Å². The van der Waals surface area contributed by atoms with E-state index in [2.05, 4.69) is 32.3 Å². The van der Waals surface area contributed by atoms with E-state index < -0.39 is 0 Å². The average Bonchev–Trinajstić information content (AvgIpc) is 2.48. The predicted octanol–water partition coefficient (Wildman–Crippen LogP) is 4.75. The molecule has 3 aromatic rings. The molecule has 0 radical (unpaired) electrons. The highest BCUT2D eigenvalue weighted by molar-refractivity contribution is 9.10. The zero-order chi connectivity index (χ0) is 13.9. The van der Waals surface area contributed by atoms with Gasteiger partial charge in [-0.05, 0) is 57.2 Å². The van der Waals surface area contributed by atoms with Gasteiger partial charge in [-0.25, -0.2) is 4.39 Å². The summed E-state index contributed by atoms with van der Waals surface area (Å²) in [6.07, 6.45) is 3.63. The normalized spacial score (nSPS) is 10.7. The summed E-state index contributed by atoms with van der Waals surface area (Å²) in [5.74, 6) is -0.264. The molecule has 0 aliphatic carbocycles. The zero-order valence-corrected chi connectivity index (χ0v) is 12.2. The van der Waals surface area contributed by atoms with Gasteiger partial charge in [-0.15, -0.1) is 0 Å². The molecule has 2 aromatic carbocycles. The second kappa shape index (κ2) is 5.59. The molecule has 0 saturated carbocycles. The highest BCUT2D eigenvalue weighted by Gasteiger charge is 2.01. The van der Waals surface area contributed by atoms with E-state index >= 15 is 0 Å². The quantitative estimate of drug-likeness (QED) is 0.749. The number of anilines is 1. The summed E-state index contributed by atoms with van der Waals surface area (Å²) in [6.45, 7) is 0.652. The smallest absolute Gasteiger partial charge is 0.139 e. The van der Waals surface area contributed by atoms with Gasteiger partial charge in [0.15, 0.2) is 0 Å². The number of nitrogens with one attached hydrogen (secondary N) is 1. The number of fused-ring (bicyclic) bond motifs is 1. The van der Waals surface area contributed by atoms with Crippen LogP contribution in [0.4, 0.5) is 10.1 Å². The molecule has 0 bridgehead atoms. The predicted molar refractivity (Wildman–Crippen MR) is 83.2 cm³/mol. The second-order valence-electron chi connectivity index (χ2n) is 4.54. The van der Waals surface area contributed by atoms with Gasteiger partial charge < -0.3 is 5.32 Å². The molecule has 0 amide bonds. The lowest BCUT2D eigenvalue weighted by atomic mass is 10.1. The highest BCUT2D eigenvalue weighted by atomic mass is 79.9. The Bertz CT molecular complexity index is 758. The minimum absolute atomic E-state index is 0.264. The largest absolute Gasteiger partial charge is 0.381 e. The number of hydrogen-bond donors (Lipinski definition) is 1. The van der Waals surface area contributed by atoms with Crippen molar-refractivity contribution in [2.24, 2.45) is 0 Å². The van der Waals surface area contributed by atoms with Gasteiger partial charge in [0, 0.05) is 30.0 Å². The molecular weight excluding hydrogens is 319 g/mol. The maximum atomic E-state index is 13.4. The van der Waals surface area contributed by atoms with Crippen molar-refractivity contribution < 1.29 is 4.39 Å². The first-order valence-corrected chi connectivity index (χ1v) is 7.03. The van der Waals surface area contributed by atoms with E-state index in [9.17, 15) is 4.39 Å². The Morgan fingerprint density at radius 2 is 1.95 bits per heavy atom. The van der Waals surface area contributed by atoms with Crippen LogP contribution < -0.4 is 5.32 Å². The first-order valence-electron chi connectivity index (χ1n) is 6.24. The number of rotatable bonds is 3. The highest BCUT2D eigenvalue weighted by Crippen LogP contribution is 2.20. The van der Waals surface area contributed by atoms with E-state index in [0.29, 0.717) is 11.0 Å². The third kappa shape index (κ3) is 2.80. The summed E-state index contributed by atoms with van der Waals surface area (Å²) in [6, 6.07) is 13.2. The molecule has 1 N–H and O–H groups in total. The maximum Gasteiger partial charge on any atom is 0.139 e. The van der Waals surface area contributed by atoms with Crippen LogP contribution in [0.15, 0.2) is 59.3 Å². The molecule has 0 fully saturated rings. The molecule has 0 atom stereocenters. The summed E-state index contributed by atoms with van der Waals surface area (Å²) < 4.78 is 13.9. The number of hydrogen-bond acceptors (Lipinski definition) is 2. The van der Waals surface area contributed by atoms with E-state index in [1.54, 1.807) is 12.3 Å². The Labute approximate surface area is 124 Å². The Balaban J connectivity index is 1.77. The Morgan fingerprint density at radius 3 is 2.80 bits per heavy atom. The van der Waals surface area contributed by atoms with Gasteiger partial charge in [-0.1, -0.05) is 12.1 Å². The average molecular weight is 331 g/mol. The minimum Gasteiger partial charge on any atom is -0.381 e. The molecular formula is C16H12BrFN2. The topological polar surface area (TPSA) is 24.9 Å². The van der Waals surface area contributed by atoms with Crippen molar-refractivity contribution >= 4 is 32.4 Å². The summed E-state index contributed by atoms with van der Waals surface area (Å²) >= 11 is 3.14. The molecule has 4 heteroatoms. The van der Waals surface area contributed by atoms with Crippen LogP contribution in [0.2, 0.25) is 0 Å². The molecule has 100 valence electrons. The Morgan fingerprint density at radius 1 is 1.05 bits per heavy atom. The zero-order valence-electron chi connectivity index (χ0n) is 10.6. The van der Waals surface area contributed by atoms with Crippen LogP contribution in [0.5, 0.6) is 0 Å². The first-order chi connectivity index (χ1) is 9.72. The lowest BCUT2D eigenvalue weighted by Crippen LogP contribution is -1.99. The Hall–Kier alpha value is -1.94. The van der Waals surface area contributed by atoms with Gasteiger partial charge in [-0.3, -0.25) is 4.98 Å². The minimum atomic E-state index is -0.264. The molecule has 0 unspecified atom stereocenters. The van der Waals surface area contributed by atoms with Crippen LogP contribution in [0.1, 0.15) is 5.56 Å². The molecule has 20 heavy (non-hydrogen) atoms. The van der Waals surface area contributed by atoms with Crippen LogP contribution in [0.25, 0.3) is 10.8 Å². The molecule has 0 aliphatic heterocycles. The van der Waals surface area contributed by atoms with Crippen molar-refractivity contribution in [3.05, 3.63) is 70.7 Å². The molecule has 3 rings (SSSR count). The van der Waals surface area contributed by atoms with E-state index in [0.717, 1.165) is 22.0 Å². The molecule has 2 nitrogen and oxygen atoms in total. The van der Waals surface area contributed by atoms with Gasteiger partial charge >= 0.3 is 0 Å². The number of aromatic nitrogens is 1. The van der Waals surface area contributed by atoms with E-state index in [1.165, 1.54) is 6.07 Å². The molecule has 1 heterocycles. The van der Waals surface area contributed by atoms with Gasteiger partial charge in [0.1, 0.15) is 5.82 Å². The van der Waals surface area contributed by atoms with Crippen LogP contribution in [-0.4, -0.2) is 4.98 Å². The fourth-order valence-electron chi connectivity index (χ4n) is 2.05. The standard InChI is InChI=1S/C16H12BrFN2/c17-15-4-3-14(8-16(15)18)20-9-11-1-2-13-10-19-6-5-12(13)7-11/h1-8,10,20H,9H2. The van der Waals surface area contributed by atoms with Crippen molar-refractivity contribution in [3.8, 4) is 0 Å². The van der Waals surface area contributed by atoms with Crippen LogP contribution >= 0.6 is 15.9 Å². The van der Waals surface area contributed by atoms with Crippen molar-refractivity contribution in [3.63, 3.8) is 0 Å². The summed E-state index contributed by atoms with van der Waals surface area (Å²) in [5, 5.41) is 5.49. The fourth-order valence-corrected chi connectivity index (χ4v) is 2.30. The van der Waals surface area contributed by atoms with Crippen molar-refractivity contribution in [2.45, 2.75) is 6.54 Å². The molecule has 0 saturated heterocycles. The van der Waals surface area contributed by atoms with Crippen molar-refractivity contribution in [2.75, 3.05) is 5.32 Å². The Kier molecular flexibility index (Phi) is 3.65. The monoisotopic (exact) mass is 330 g/mol. The second-order valence-corrected chi connectivity index (χ2v) is 5.39. The molecule has 0 aliphatic rings. The van der Waals surface area contributed by atoms with Gasteiger partial charge in [0.2, 0.25) is 0 Å². The van der Waals surface area contributed by atoms with Crippen LogP contribution in [-0.2, 0) is 6.54 Å². The SMILES string of the molecule is Fc1cc(NCc2ccc3cnccc3c2)ccc1Br. The number of pyridine rings is 1. The van der Waals surface area contributed by atoms with Crippen molar-refractivity contribution in [1.82, 2.24) is 4.98 Å². The third-order valence-corrected chi connectivity index (χ3v) is 3.76. The summed E-state index contributed by atoms with van der Waals surface area (Å²) in [4.78, 5) is 4.09. The third-order valence-electron chi connectivity index (χ3n) is 3.12. The maximum absolute atomic E-state index is 13.4. The summed E-state index contributed by atoms with van der Waals surface area (Å²) in [5.41, 5.74) is 1.91. The van der Waals surface area contributed by atoms with E-state index in [4.69, 9.17) is 0 Å². The van der Waals surface area contributed by atoms with Crippen LogP contribution in [0, 0.1) is 5.82 Å². The number of nitrogens with zero attached hydrogens (tertiary/aromatic N) is 1. The summed E-state index contributed by atoms with van der Waals surface area (Å²) in [7, 11) is 0. The van der Waals surface area contributed by atoms with E-state index in [1.807, 2.05) is 30.5 Å². The van der Waals surface area contributed by atoms with Crippen molar-refractivity contribution in [1.29, 1.82) is 0 Å².